The lowest BCUT2D eigenvalue weighted by atomic mass is 9.92. The van der Waals surface area contributed by atoms with Gasteiger partial charge in [0.05, 0.1) is 32.0 Å². The van der Waals surface area contributed by atoms with Gasteiger partial charge in [-0.3, -0.25) is 9.48 Å². The lowest BCUT2D eigenvalue weighted by Gasteiger charge is -2.30. The van der Waals surface area contributed by atoms with E-state index in [-0.39, 0.29) is 11.5 Å². The van der Waals surface area contributed by atoms with Crippen molar-refractivity contribution in [3.8, 4) is 35.5 Å². The van der Waals surface area contributed by atoms with Crippen molar-refractivity contribution in [2.75, 3.05) is 25.2 Å². The fourth-order valence-corrected chi connectivity index (χ4v) is 5.89. The molecule has 0 spiro atoms. The summed E-state index contributed by atoms with van der Waals surface area (Å²) in [5.74, 6) is 1.68. The summed E-state index contributed by atoms with van der Waals surface area (Å²) in [7, 11) is 1.65. The Balaban J connectivity index is 0.00000180. The van der Waals surface area contributed by atoms with Crippen LogP contribution in [0.15, 0.2) is 73.1 Å². The summed E-state index contributed by atoms with van der Waals surface area (Å²) >= 11 is 0. The Kier molecular flexibility index (Phi) is 8.82. The molecule has 1 N–H and O–H groups in total. The Morgan fingerprint density at radius 1 is 1.07 bits per heavy atom. The normalized spacial score (nSPS) is 16.2. The molecule has 1 aliphatic carbocycles. The number of carboxylic acid groups (broad SMARTS) is 1. The highest BCUT2D eigenvalue weighted by Crippen LogP contribution is 2.57. The molecule has 3 aromatic carbocycles. The molecule has 220 valence electrons. The van der Waals surface area contributed by atoms with Gasteiger partial charge < -0.3 is 19.5 Å². The number of fused-ring (bicyclic) bond motifs is 3. The third kappa shape index (κ3) is 6.26. The molecule has 0 saturated heterocycles. The maximum atomic E-state index is 13.4. The number of ether oxygens (including phenoxy) is 2. The first kappa shape index (κ1) is 29.5. The van der Waals surface area contributed by atoms with Crippen LogP contribution < -0.4 is 14.4 Å². The number of amides is 1. The average Bonchev–Trinajstić information content (AvgIpc) is 3.68. The molecule has 1 saturated carbocycles. The van der Waals surface area contributed by atoms with Crippen molar-refractivity contribution in [3.05, 3.63) is 95.3 Å². The largest absolute Gasteiger partial charge is 0.496 e. The SMILES string of the molecule is C#C.COc1cccc(OCCCC(=O)N2CC3CC3c3c(-c4cnn(Cc5cccc(C(=O)O)c5)c4)cccc32)c1C. The van der Waals surface area contributed by atoms with Gasteiger partial charge in [-0.2, -0.15) is 5.10 Å². The zero-order valence-electron chi connectivity index (χ0n) is 24.4. The second kappa shape index (κ2) is 12.9. The van der Waals surface area contributed by atoms with E-state index in [0.717, 1.165) is 52.4 Å². The summed E-state index contributed by atoms with van der Waals surface area (Å²) in [6.07, 6.45) is 14.0. The van der Waals surface area contributed by atoms with E-state index < -0.39 is 5.97 Å². The molecule has 1 aromatic heterocycles. The lowest BCUT2D eigenvalue weighted by Crippen LogP contribution is -2.36. The maximum Gasteiger partial charge on any atom is 0.335 e. The topological polar surface area (TPSA) is 93.9 Å². The summed E-state index contributed by atoms with van der Waals surface area (Å²) < 4.78 is 13.2. The van der Waals surface area contributed by atoms with E-state index in [1.165, 1.54) is 5.56 Å². The van der Waals surface area contributed by atoms with Gasteiger partial charge in [0.1, 0.15) is 11.5 Å². The Bertz CT molecular complexity index is 1660. The first-order chi connectivity index (χ1) is 20.9. The van der Waals surface area contributed by atoms with Crippen LogP contribution in [0.4, 0.5) is 5.69 Å². The van der Waals surface area contributed by atoms with Crippen LogP contribution in [0.2, 0.25) is 0 Å². The van der Waals surface area contributed by atoms with E-state index >= 15 is 0 Å². The summed E-state index contributed by atoms with van der Waals surface area (Å²) in [5.41, 5.74) is 6.42. The van der Waals surface area contributed by atoms with Crippen molar-refractivity contribution in [2.45, 2.75) is 38.6 Å². The van der Waals surface area contributed by atoms with Crippen LogP contribution in [0.1, 0.15) is 52.2 Å². The number of anilines is 1. The lowest BCUT2D eigenvalue weighted by molar-refractivity contribution is -0.119. The predicted octanol–water partition coefficient (Wildman–Crippen LogP) is 6.17. The highest BCUT2D eigenvalue weighted by molar-refractivity contribution is 5.97. The highest BCUT2D eigenvalue weighted by Gasteiger charge is 2.47. The molecule has 6 rings (SSSR count). The summed E-state index contributed by atoms with van der Waals surface area (Å²) in [5, 5.41) is 13.9. The molecule has 2 atom stereocenters. The Morgan fingerprint density at radius 2 is 1.84 bits per heavy atom. The van der Waals surface area contributed by atoms with Gasteiger partial charge in [0.2, 0.25) is 5.91 Å². The first-order valence-electron chi connectivity index (χ1n) is 14.3. The molecule has 8 heteroatoms. The minimum absolute atomic E-state index is 0.119. The zero-order valence-corrected chi connectivity index (χ0v) is 24.4. The van der Waals surface area contributed by atoms with Crippen LogP contribution >= 0.6 is 0 Å². The smallest absolute Gasteiger partial charge is 0.335 e. The van der Waals surface area contributed by atoms with E-state index in [1.54, 1.807) is 25.3 Å². The number of hydrogen-bond donors (Lipinski definition) is 1. The van der Waals surface area contributed by atoms with E-state index in [2.05, 4.69) is 30.1 Å². The molecule has 8 nitrogen and oxygen atoms in total. The molecule has 1 aliphatic heterocycles. The van der Waals surface area contributed by atoms with Crippen molar-refractivity contribution in [1.29, 1.82) is 0 Å². The fourth-order valence-electron chi connectivity index (χ4n) is 5.89. The van der Waals surface area contributed by atoms with Crippen molar-refractivity contribution in [3.63, 3.8) is 0 Å². The summed E-state index contributed by atoms with van der Waals surface area (Å²) in [4.78, 5) is 26.7. The number of aromatic nitrogens is 2. The van der Waals surface area contributed by atoms with Crippen LogP contribution in [0.25, 0.3) is 11.1 Å². The van der Waals surface area contributed by atoms with E-state index in [1.807, 2.05) is 59.2 Å². The molecule has 2 heterocycles. The third-order valence-corrected chi connectivity index (χ3v) is 8.10. The van der Waals surface area contributed by atoms with Crippen LogP contribution in [0.3, 0.4) is 0 Å². The number of carbonyl (C=O) groups excluding carboxylic acids is 1. The second-order valence-corrected chi connectivity index (χ2v) is 10.8. The zero-order chi connectivity index (χ0) is 30.5. The van der Waals surface area contributed by atoms with Crippen molar-refractivity contribution in [1.82, 2.24) is 9.78 Å². The number of rotatable bonds is 10. The van der Waals surface area contributed by atoms with Gasteiger partial charge in [0.15, 0.2) is 0 Å². The molecule has 0 bridgehead atoms. The minimum Gasteiger partial charge on any atom is -0.496 e. The van der Waals surface area contributed by atoms with Crippen LogP contribution in [-0.2, 0) is 11.3 Å². The third-order valence-electron chi connectivity index (χ3n) is 8.10. The molecule has 2 aliphatic rings. The van der Waals surface area contributed by atoms with E-state index in [4.69, 9.17) is 9.47 Å². The Hall–Kier alpha value is -5.03. The van der Waals surface area contributed by atoms with Gasteiger partial charge in [-0.05, 0) is 78.6 Å². The molecule has 0 radical (unpaired) electrons. The fraction of sp³-hybridized carbons (Fsp3) is 0.286. The van der Waals surface area contributed by atoms with Crippen molar-refractivity contribution < 1.29 is 24.2 Å². The number of carboxylic acids is 1. The average molecular weight is 578 g/mol. The predicted molar refractivity (Wildman–Crippen MR) is 166 cm³/mol. The van der Waals surface area contributed by atoms with E-state index in [0.29, 0.717) is 37.8 Å². The monoisotopic (exact) mass is 577 g/mol. The molecular formula is C35H35N3O5. The van der Waals surface area contributed by atoms with Crippen LogP contribution in [-0.4, -0.2) is 47.0 Å². The standard InChI is InChI=1S/C33H33N3O5.C2H2/c1-21-29(40-2)11-5-12-30(21)41-14-6-13-31(37)36-20-24-16-27(24)32-26(9-4-10-28(32)36)25-17-34-35(19-25)18-22-7-3-8-23(15-22)33(38)39;1-2/h3-5,7-12,15,17,19,24,27H,6,13-14,16,18,20H2,1-2H3,(H,38,39);1-2H. The second-order valence-electron chi connectivity index (χ2n) is 10.8. The molecule has 1 amide bonds. The van der Waals surface area contributed by atoms with Gasteiger partial charge in [0.25, 0.3) is 0 Å². The number of carbonyl (C=O) groups is 2. The van der Waals surface area contributed by atoms with E-state index in [9.17, 15) is 14.7 Å². The number of terminal acetylenes is 1. The number of hydrogen-bond acceptors (Lipinski definition) is 5. The van der Waals surface area contributed by atoms with Gasteiger partial charge in [-0.15, -0.1) is 12.8 Å². The van der Waals surface area contributed by atoms with Gasteiger partial charge in [-0.25, -0.2) is 4.79 Å². The van der Waals surface area contributed by atoms with Gasteiger partial charge in [0, 0.05) is 36.0 Å². The van der Waals surface area contributed by atoms with Crippen LogP contribution in [0, 0.1) is 25.7 Å². The molecule has 2 unspecified atom stereocenters. The summed E-state index contributed by atoms with van der Waals surface area (Å²) in [6.45, 7) is 3.66. The maximum absolute atomic E-state index is 13.4. The van der Waals surface area contributed by atoms with Crippen molar-refractivity contribution >= 4 is 17.6 Å². The Labute approximate surface area is 251 Å². The molecule has 4 aromatic rings. The summed E-state index contributed by atoms with van der Waals surface area (Å²) in [6, 6.07) is 18.8. The minimum atomic E-state index is -0.943. The van der Waals surface area contributed by atoms with Gasteiger partial charge in [-0.1, -0.05) is 30.3 Å². The Morgan fingerprint density at radius 3 is 2.63 bits per heavy atom. The van der Waals surface area contributed by atoms with Crippen LogP contribution in [0.5, 0.6) is 11.5 Å². The highest BCUT2D eigenvalue weighted by atomic mass is 16.5. The number of methoxy groups -OCH3 is 1. The number of aromatic carboxylic acids is 1. The number of nitrogens with zero attached hydrogens (tertiary/aromatic N) is 3. The molecule has 43 heavy (non-hydrogen) atoms. The number of benzene rings is 3. The molecular weight excluding hydrogens is 542 g/mol. The first-order valence-corrected chi connectivity index (χ1v) is 14.3. The molecule has 1 fully saturated rings. The quantitative estimate of drug-likeness (QED) is 0.179. The van der Waals surface area contributed by atoms with Crippen molar-refractivity contribution in [2.24, 2.45) is 5.92 Å². The van der Waals surface area contributed by atoms with Gasteiger partial charge >= 0.3 is 5.97 Å².